The summed E-state index contributed by atoms with van der Waals surface area (Å²) >= 11 is 11.9. The summed E-state index contributed by atoms with van der Waals surface area (Å²) in [7, 11) is 0. The summed E-state index contributed by atoms with van der Waals surface area (Å²) < 4.78 is 0. The Morgan fingerprint density at radius 1 is 1.32 bits per heavy atom. The Kier molecular flexibility index (Phi) is 3.95. The van der Waals surface area contributed by atoms with Gasteiger partial charge in [0.15, 0.2) is 0 Å². The molecule has 0 saturated carbocycles. The van der Waals surface area contributed by atoms with Crippen LogP contribution in [0.25, 0.3) is 0 Å². The van der Waals surface area contributed by atoms with Crippen LogP contribution in [-0.2, 0) is 4.79 Å². The SMILES string of the molecule is CC(Cl)C(=O)N1CCC2(CC1)NC(=O)c1ccc(Cl)cc1N2. The lowest BCUT2D eigenvalue weighted by Crippen LogP contribution is -2.63. The highest BCUT2D eigenvalue weighted by atomic mass is 35.5. The molecule has 2 heterocycles. The smallest absolute Gasteiger partial charge is 0.255 e. The zero-order chi connectivity index (χ0) is 15.9. The van der Waals surface area contributed by atoms with E-state index in [1.165, 1.54) is 0 Å². The van der Waals surface area contributed by atoms with Gasteiger partial charge in [-0.05, 0) is 25.1 Å². The molecule has 2 N–H and O–H groups in total. The Morgan fingerprint density at radius 3 is 2.64 bits per heavy atom. The van der Waals surface area contributed by atoms with E-state index >= 15 is 0 Å². The van der Waals surface area contributed by atoms with Crippen molar-refractivity contribution in [2.24, 2.45) is 0 Å². The van der Waals surface area contributed by atoms with Crippen LogP contribution in [0.15, 0.2) is 18.2 Å². The average molecular weight is 342 g/mol. The molecule has 3 rings (SSSR count). The Labute approximate surface area is 138 Å². The molecule has 118 valence electrons. The fraction of sp³-hybridized carbons (Fsp3) is 0.467. The van der Waals surface area contributed by atoms with Crippen molar-refractivity contribution in [1.82, 2.24) is 10.2 Å². The van der Waals surface area contributed by atoms with Gasteiger partial charge in [-0.25, -0.2) is 0 Å². The number of fused-ring (bicyclic) bond motifs is 1. The number of nitrogens with one attached hydrogen (secondary N) is 2. The number of benzene rings is 1. The largest absolute Gasteiger partial charge is 0.362 e. The van der Waals surface area contributed by atoms with Crippen LogP contribution in [0.1, 0.15) is 30.1 Å². The first-order chi connectivity index (χ1) is 10.4. The number of anilines is 1. The summed E-state index contributed by atoms with van der Waals surface area (Å²) in [6.07, 6.45) is 1.25. The van der Waals surface area contributed by atoms with Gasteiger partial charge in [0.1, 0.15) is 11.0 Å². The molecule has 5 nitrogen and oxygen atoms in total. The quantitative estimate of drug-likeness (QED) is 0.771. The molecule has 1 aromatic rings. The van der Waals surface area contributed by atoms with Crippen molar-refractivity contribution < 1.29 is 9.59 Å². The number of carbonyl (C=O) groups is 2. The van der Waals surface area contributed by atoms with Crippen LogP contribution in [0.4, 0.5) is 5.69 Å². The predicted octanol–water partition coefficient (Wildman–Crippen LogP) is 2.44. The summed E-state index contributed by atoms with van der Waals surface area (Å²) in [5.74, 6) is -0.182. The van der Waals surface area contributed by atoms with Crippen molar-refractivity contribution in [3.8, 4) is 0 Å². The van der Waals surface area contributed by atoms with E-state index in [0.29, 0.717) is 36.5 Å². The van der Waals surface area contributed by atoms with Crippen LogP contribution >= 0.6 is 23.2 Å². The van der Waals surface area contributed by atoms with Crippen molar-refractivity contribution in [3.05, 3.63) is 28.8 Å². The minimum atomic E-state index is -0.527. The third-order valence-electron chi connectivity index (χ3n) is 4.22. The van der Waals surface area contributed by atoms with Gasteiger partial charge in [0.05, 0.1) is 11.3 Å². The second kappa shape index (κ2) is 5.63. The maximum atomic E-state index is 12.3. The number of hydrogen-bond donors (Lipinski definition) is 2. The number of amides is 2. The van der Waals surface area contributed by atoms with Crippen LogP contribution in [0, 0.1) is 0 Å². The van der Waals surface area contributed by atoms with Crippen LogP contribution < -0.4 is 10.6 Å². The molecular formula is C15H17Cl2N3O2. The van der Waals surface area contributed by atoms with Gasteiger partial charge in [-0.3, -0.25) is 9.59 Å². The molecule has 1 unspecified atom stereocenters. The van der Waals surface area contributed by atoms with Gasteiger partial charge in [0.2, 0.25) is 5.91 Å². The Bertz CT molecular complexity index is 625. The van der Waals surface area contributed by atoms with Gasteiger partial charge in [-0.2, -0.15) is 0 Å². The molecule has 1 aromatic carbocycles. The maximum Gasteiger partial charge on any atom is 0.255 e. The van der Waals surface area contributed by atoms with E-state index in [4.69, 9.17) is 23.2 Å². The number of hydrogen-bond acceptors (Lipinski definition) is 3. The summed E-state index contributed by atoms with van der Waals surface area (Å²) in [5.41, 5.74) is 0.797. The van der Waals surface area contributed by atoms with Crippen LogP contribution in [0.5, 0.6) is 0 Å². The summed E-state index contributed by atoms with van der Waals surface area (Å²) in [6.45, 7) is 2.78. The number of piperidine rings is 1. The first-order valence-corrected chi connectivity index (χ1v) is 8.05. The van der Waals surface area contributed by atoms with Gasteiger partial charge in [-0.15, -0.1) is 11.6 Å². The predicted molar refractivity (Wildman–Crippen MR) is 86.4 cm³/mol. The second-order valence-corrected chi connectivity index (χ2v) is 6.88. The lowest BCUT2D eigenvalue weighted by molar-refractivity contribution is -0.132. The minimum absolute atomic E-state index is 0.0675. The monoisotopic (exact) mass is 341 g/mol. The molecular weight excluding hydrogens is 325 g/mol. The number of rotatable bonds is 1. The Morgan fingerprint density at radius 2 is 2.00 bits per heavy atom. The van der Waals surface area contributed by atoms with Crippen LogP contribution in [-0.4, -0.2) is 40.8 Å². The summed E-state index contributed by atoms with van der Waals surface area (Å²) in [6, 6.07) is 5.17. The van der Waals surface area contributed by atoms with E-state index in [2.05, 4.69) is 10.6 Å². The summed E-state index contributed by atoms with van der Waals surface area (Å²) in [5, 5.41) is 6.47. The number of halogens is 2. The van der Waals surface area contributed by atoms with E-state index < -0.39 is 11.0 Å². The lowest BCUT2D eigenvalue weighted by atomic mass is 9.92. The highest BCUT2D eigenvalue weighted by Gasteiger charge is 2.41. The van der Waals surface area contributed by atoms with E-state index in [1.54, 1.807) is 30.0 Å². The van der Waals surface area contributed by atoms with E-state index in [0.717, 1.165) is 5.69 Å². The van der Waals surface area contributed by atoms with Crippen molar-refractivity contribution in [3.63, 3.8) is 0 Å². The van der Waals surface area contributed by atoms with Gasteiger partial charge < -0.3 is 15.5 Å². The van der Waals surface area contributed by atoms with Gasteiger partial charge in [-0.1, -0.05) is 11.6 Å². The Hall–Kier alpha value is -1.46. The second-order valence-electron chi connectivity index (χ2n) is 5.79. The average Bonchev–Trinajstić information content (AvgIpc) is 2.46. The van der Waals surface area contributed by atoms with E-state index in [9.17, 15) is 9.59 Å². The molecule has 1 saturated heterocycles. The zero-order valence-electron chi connectivity index (χ0n) is 12.2. The molecule has 1 spiro atoms. The van der Waals surface area contributed by atoms with Crippen molar-refractivity contribution in [1.29, 1.82) is 0 Å². The number of carbonyl (C=O) groups excluding carboxylic acids is 2. The first-order valence-electron chi connectivity index (χ1n) is 7.23. The number of alkyl halides is 1. The zero-order valence-corrected chi connectivity index (χ0v) is 13.7. The molecule has 2 aliphatic rings. The van der Waals surface area contributed by atoms with Gasteiger partial charge in [0.25, 0.3) is 5.91 Å². The van der Waals surface area contributed by atoms with Gasteiger partial charge >= 0.3 is 0 Å². The molecule has 1 atom stereocenters. The fourth-order valence-electron chi connectivity index (χ4n) is 3.00. The number of likely N-dealkylation sites (tertiary alicyclic amines) is 1. The van der Waals surface area contributed by atoms with E-state index in [-0.39, 0.29) is 11.8 Å². The normalized spacial score (nSPS) is 20.9. The molecule has 2 aliphatic heterocycles. The maximum absolute atomic E-state index is 12.3. The highest BCUT2D eigenvalue weighted by Crippen LogP contribution is 2.33. The molecule has 7 heteroatoms. The highest BCUT2D eigenvalue weighted by molar-refractivity contribution is 6.31. The third-order valence-corrected chi connectivity index (χ3v) is 4.64. The van der Waals surface area contributed by atoms with Crippen molar-refractivity contribution in [2.45, 2.75) is 30.8 Å². The molecule has 0 radical (unpaired) electrons. The fourth-order valence-corrected chi connectivity index (χ4v) is 3.31. The molecule has 2 amide bonds. The molecule has 0 bridgehead atoms. The molecule has 22 heavy (non-hydrogen) atoms. The van der Waals surface area contributed by atoms with Crippen molar-refractivity contribution in [2.75, 3.05) is 18.4 Å². The molecule has 1 fully saturated rings. The van der Waals surface area contributed by atoms with Crippen molar-refractivity contribution >= 4 is 40.7 Å². The lowest BCUT2D eigenvalue weighted by Gasteiger charge is -2.46. The molecule has 0 aliphatic carbocycles. The van der Waals surface area contributed by atoms with Crippen LogP contribution in [0.3, 0.4) is 0 Å². The summed E-state index contributed by atoms with van der Waals surface area (Å²) in [4.78, 5) is 26.0. The van der Waals surface area contributed by atoms with Crippen LogP contribution in [0.2, 0.25) is 5.02 Å². The topological polar surface area (TPSA) is 61.4 Å². The Balaban J connectivity index is 1.77. The first kappa shape index (κ1) is 15.4. The van der Waals surface area contributed by atoms with E-state index in [1.807, 2.05) is 0 Å². The number of nitrogens with zero attached hydrogens (tertiary/aromatic N) is 1. The standard InChI is InChI=1S/C15H17Cl2N3O2/c1-9(16)14(22)20-6-4-15(5-7-20)18-12-8-10(17)2-3-11(12)13(21)19-15/h2-3,8-9,18H,4-7H2,1H3,(H,19,21). The minimum Gasteiger partial charge on any atom is -0.362 e. The molecule has 0 aromatic heterocycles. The van der Waals surface area contributed by atoms with Gasteiger partial charge in [0, 0.05) is 31.0 Å². The third kappa shape index (κ3) is 2.75.